The van der Waals surface area contributed by atoms with Gasteiger partial charge in [0, 0.05) is 5.57 Å². The molecule has 1 aromatic carbocycles. The standard InChI is InChI=1S/C11H10O3/c1-7(2)10(12)14-11-8-5-3-4-6-9(8)13-11/h3-6,11H,1H2,2H3. The summed E-state index contributed by atoms with van der Waals surface area (Å²) in [5.74, 6) is 0.344. The monoisotopic (exact) mass is 190 g/mol. The molecule has 1 aromatic rings. The van der Waals surface area contributed by atoms with Gasteiger partial charge >= 0.3 is 5.97 Å². The summed E-state index contributed by atoms with van der Waals surface area (Å²) in [4.78, 5) is 11.2. The Bertz CT molecular complexity index is 395. The number of esters is 1. The average molecular weight is 190 g/mol. The fourth-order valence-electron chi connectivity index (χ4n) is 1.19. The second kappa shape index (κ2) is 3.18. The molecule has 0 amide bonds. The summed E-state index contributed by atoms with van der Waals surface area (Å²) in [6.07, 6.45) is -0.560. The van der Waals surface area contributed by atoms with Crippen molar-refractivity contribution < 1.29 is 14.3 Å². The Morgan fingerprint density at radius 1 is 1.50 bits per heavy atom. The van der Waals surface area contributed by atoms with Crippen LogP contribution in [0.4, 0.5) is 0 Å². The van der Waals surface area contributed by atoms with E-state index < -0.39 is 12.3 Å². The summed E-state index contributed by atoms with van der Waals surface area (Å²) < 4.78 is 10.2. The number of carbonyl (C=O) groups is 1. The van der Waals surface area contributed by atoms with Gasteiger partial charge in [-0.15, -0.1) is 0 Å². The molecule has 14 heavy (non-hydrogen) atoms. The van der Waals surface area contributed by atoms with E-state index in [4.69, 9.17) is 9.47 Å². The van der Waals surface area contributed by atoms with Gasteiger partial charge in [-0.3, -0.25) is 0 Å². The minimum Gasteiger partial charge on any atom is -0.450 e. The molecule has 3 nitrogen and oxygen atoms in total. The Morgan fingerprint density at radius 2 is 2.21 bits per heavy atom. The number of benzene rings is 1. The third kappa shape index (κ3) is 1.37. The molecule has 0 radical (unpaired) electrons. The zero-order valence-electron chi connectivity index (χ0n) is 7.82. The predicted molar refractivity (Wildman–Crippen MR) is 50.7 cm³/mol. The zero-order chi connectivity index (χ0) is 10.1. The van der Waals surface area contributed by atoms with Gasteiger partial charge < -0.3 is 9.47 Å². The van der Waals surface area contributed by atoms with E-state index in [0.29, 0.717) is 5.57 Å². The topological polar surface area (TPSA) is 35.5 Å². The molecule has 0 spiro atoms. The van der Waals surface area contributed by atoms with Crippen LogP contribution in [0.1, 0.15) is 18.8 Å². The highest BCUT2D eigenvalue weighted by molar-refractivity contribution is 5.87. The lowest BCUT2D eigenvalue weighted by Gasteiger charge is -2.29. The van der Waals surface area contributed by atoms with E-state index in [1.165, 1.54) is 0 Å². The second-order valence-corrected chi connectivity index (χ2v) is 3.17. The largest absolute Gasteiger partial charge is 0.450 e. The van der Waals surface area contributed by atoms with Crippen molar-refractivity contribution in [3.63, 3.8) is 0 Å². The highest BCUT2D eigenvalue weighted by atomic mass is 16.7. The minimum atomic E-state index is -0.560. The van der Waals surface area contributed by atoms with Crippen molar-refractivity contribution in [1.29, 1.82) is 0 Å². The Hall–Kier alpha value is -1.77. The summed E-state index contributed by atoms with van der Waals surface area (Å²) in [6.45, 7) is 5.10. The van der Waals surface area contributed by atoms with Crippen LogP contribution in [-0.2, 0) is 9.53 Å². The summed E-state index contributed by atoms with van der Waals surface area (Å²) in [6, 6.07) is 7.45. The van der Waals surface area contributed by atoms with Gasteiger partial charge in [0.25, 0.3) is 6.29 Å². The van der Waals surface area contributed by atoms with Crippen LogP contribution < -0.4 is 4.74 Å². The number of rotatable bonds is 2. The zero-order valence-corrected chi connectivity index (χ0v) is 7.82. The molecule has 1 aliphatic rings. The normalized spacial score (nSPS) is 17.4. The lowest BCUT2D eigenvalue weighted by Crippen LogP contribution is -2.24. The van der Waals surface area contributed by atoms with Crippen LogP contribution in [0.15, 0.2) is 36.4 Å². The van der Waals surface area contributed by atoms with Crippen molar-refractivity contribution in [2.45, 2.75) is 13.2 Å². The number of ether oxygens (including phenoxy) is 2. The molecule has 3 heteroatoms. The highest BCUT2D eigenvalue weighted by Gasteiger charge is 2.30. The Kier molecular flexibility index (Phi) is 2.00. The Labute approximate surface area is 81.9 Å². The maximum Gasteiger partial charge on any atom is 0.336 e. The van der Waals surface area contributed by atoms with Crippen LogP contribution in [0.3, 0.4) is 0 Å². The van der Waals surface area contributed by atoms with E-state index in [1.54, 1.807) is 6.92 Å². The number of para-hydroxylation sites is 1. The van der Waals surface area contributed by atoms with Gasteiger partial charge in [-0.2, -0.15) is 0 Å². The maximum absolute atomic E-state index is 11.2. The van der Waals surface area contributed by atoms with Crippen LogP contribution >= 0.6 is 0 Å². The van der Waals surface area contributed by atoms with E-state index in [1.807, 2.05) is 24.3 Å². The molecule has 0 fully saturated rings. The van der Waals surface area contributed by atoms with Gasteiger partial charge in [0.2, 0.25) is 0 Å². The first kappa shape index (κ1) is 8.81. The van der Waals surface area contributed by atoms with Gasteiger partial charge in [0.1, 0.15) is 5.75 Å². The van der Waals surface area contributed by atoms with Gasteiger partial charge in [-0.25, -0.2) is 4.79 Å². The van der Waals surface area contributed by atoms with Gasteiger partial charge in [-0.05, 0) is 19.1 Å². The molecule has 0 saturated carbocycles. The lowest BCUT2D eigenvalue weighted by molar-refractivity contribution is -0.167. The Morgan fingerprint density at radius 3 is 2.86 bits per heavy atom. The molecule has 0 saturated heterocycles. The van der Waals surface area contributed by atoms with E-state index in [2.05, 4.69) is 6.58 Å². The predicted octanol–water partition coefficient (Wildman–Crippen LogP) is 2.20. The second-order valence-electron chi connectivity index (χ2n) is 3.17. The molecule has 2 rings (SSSR count). The van der Waals surface area contributed by atoms with Gasteiger partial charge in [0.15, 0.2) is 0 Å². The molecule has 0 bridgehead atoms. The summed E-state index contributed by atoms with van der Waals surface area (Å²) >= 11 is 0. The van der Waals surface area contributed by atoms with Gasteiger partial charge in [-0.1, -0.05) is 18.7 Å². The first-order valence-electron chi connectivity index (χ1n) is 4.30. The quantitative estimate of drug-likeness (QED) is 0.529. The van der Waals surface area contributed by atoms with Crippen molar-refractivity contribution in [3.05, 3.63) is 42.0 Å². The van der Waals surface area contributed by atoms with E-state index in [0.717, 1.165) is 11.3 Å². The van der Waals surface area contributed by atoms with E-state index in [-0.39, 0.29) is 0 Å². The molecular formula is C11H10O3. The summed E-state index contributed by atoms with van der Waals surface area (Å²) in [5.41, 5.74) is 1.28. The molecule has 0 N–H and O–H groups in total. The van der Waals surface area contributed by atoms with Crippen molar-refractivity contribution >= 4 is 5.97 Å². The van der Waals surface area contributed by atoms with Crippen LogP contribution in [0.25, 0.3) is 0 Å². The maximum atomic E-state index is 11.2. The van der Waals surface area contributed by atoms with Gasteiger partial charge in [0.05, 0.1) is 5.56 Å². The van der Waals surface area contributed by atoms with Crippen molar-refractivity contribution in [1.82, 2.24) is 0 Å². The molecule has 1 heterocycles. The van der Waals surface area contributed by atoms with E-state index >= 15 is 0 Å². The average Bonchev–Trinajstić information content (AvgIpc) is 2.13. The number of fused-ring (bicyclic) bond motifs is 1. The number of hydrogen-bond acceptors (Lipinski definition) is 3. The number of carbonyl (C=O) groups excluding carboxylic acids is 1. The highest BCUT2D eigenvalue weighted by Crippen LogP contribution is 2.39. The van der Waals surface area contributed by atoms with Crippen LogP contribution in [0.2, 0.25) is 0 Å². The molecule has 1 atom stereocenters. The van der Waals surface area contributed by atoms with Crippen LogP contribution in [0.5, 0.6) is 5.75 Å². The summed E-state index contributed by atoms with van der Waals surface area (Å²) in [7, 11) is 0. The fraction of sp³-hybridized carbons (Fsp3) is 0.182. The summed E-state index contributed by atoms with van der Waals surface area (Å²) in [5, 5.41) is 0. The third-order valence-electron chi connectivity index (χ3n) is 1.97. The van der Waals surface area contributed by atoms with Crippen LogP contribution in [-0.4, -0.2) is 5.97 Å². The fourth-order valence-corrected chi connectivity index (χ4v) is 1.19. The molecule has 0 aromatic heterocycles. The smallest absolute Gasteiger partial charge is 0.336 e. The van der Waals surface area contributed by atoms with Crippen molar-refractivity contribution in [2.24, 2.45) is 0 Å². The SMILES string of the molecule is C=C(C)C(=O)OC1Oc2ccccc21. The van der Waals surface area contributed by atoms with Crippen molar-refractivity contribution in [2.75, 3.05) is 0 Å². The van der Waals surface area contributed by atoms with Crippen LogP contribution in [0, 0.1) is 0 Å². The first-order valence-corrected chi connectivity index (χ1v) is 4.30. The molecule has 1 aliphatic heterocycles. The Balaban J connectivity index is 2.06. The number of hydrogen-bond donors (Lipinski definition) is 0. The lowest BCUT2D eigenvalue weighted by atomic mass is 10.1. The third-order valence-corrected chi connectivity index (χ3v) is 1.97. The first-order chi connectivity index (χ1) is 6.68. The van der Waals surface area contributed by atoms with E-state index in [9.17, 15) is 4.79 Å². The molecule has 1 unspecified atom stereocenters. The minimum absolute atomic E-state index is 0.373. The van der Waals surface area contributed by atoms with Crippen molar-refractivity contribution in [3.8, 4) is 5.75 Å². The molecule has 72 valence electrons. The molecule has 0 aliphatic carbocycles. The molecular weight excluding hydrogens is 180 g/mol.